The maximum Gasteiger partial charge on any atom is 0.472 e. The van der Waals surface area contributed by atoms with E-state index < -0.39 is 26.5 Å². The zero-order valence-corrected chi connectivity index (χ0v) is 32.4. The van der Waals surface area contributed by atoms with Crippen LogP contribution in [-0.2, 0) is 27.9 Å². The molecule has 0 fully saturated rings. The molecular weight excluding hydrogens is 665 g/mol. The van der Waals surface area contributed by atoms with Gasteiger partial charge < -0.3 is 20.1 Å². The van der Waals surface area contributed by atoms with E-state index in [1.54, 1.807) is 0 Å². The Kier molecular flexibility index (Phi) is 34.9. The fraction of sp³-hybridized carbons (Fsp3) is 0.610. The summed E-state index contributed by atoms with van der Waals surface area (Å²) in [6, 6.07) is 0. The number of nitrogens with one attached hydrogen (secondary N) is 1. The van der Waals surface area contributed by atoms with Gasteiger partial charge in [0.05, 0.1) is 13.2 Å². The second-order valence-electron chi connectivity index (χ2n) is 12.2. The van der Waals surface area contributed by atoms with Gasteiger partial charge >= 0.3 is 13.8 Å². The van der Waals surface area contributed by atoms with Crippen LogP contribution in [0.4, 0.5) is 0 Å². The highest BCUT2D eigenvalue weighted by molar-refractivity contribution is 7.47. The Labute approximate surface area is 309 Å². The molecule has 0 bridgehead atoms. The summed E-state index contributed by atoms with van der Waals surface area (Å²) in [4.78, 5) is 33.7. The molecule has 0 saturated carbocycles. The van der Waals surface area contributed by atoms with E-state index in [-0.39, 0.29) is 32.1 Å². The maximum atomic E-state index is 12.0. The molecule has 0 aliphatic rings. The topological polar surface area (TPSA) is 131 Å². The van der Waals surface area contributed by atoms with Crippen LogP contribution in [-0.4, -0.2) is 54.3 Å². The predicted octanol–water partition coefficient (Wildman–Crippen LogP) is 10.1. The highest BCUT2D eigenvalue weighted by Gasteiger charge is 2.23. The van der Waals surface area contributed by atoms with Gasteiger partial charge in [-0.1, -0.05) is 118 Å². The van der Waals surface area contributed by atoms with Gasteiger partial charge in [-0.25, -0.2) is 4.57 Å². The van der Waals surface area contributed by atoms with Crippen molar-refractivity contribution in [2.45, 2.75) is 136 Å². The largest absolute Gasteiger partial charge is 0.472 e. The third kappa shape index (κ3) is 38.3. The Bertz CT molecular complexity index is 1110. The van der Waals surface area contributed by atoms with Gasteiger partial charge in [0.25, 0.3) is 0 Å². The molecule has 0 aromatic rings. The molecule has 2 unspecified atom stereocenters. The first-order valence-corrected chi connectivity index (χ1v) is 20.6. The number of amides is 1. The van der Waals surface area contributed by atoms with Crippen molar-refractivity contribution in [3.05, 3.63) is 85.1 Å². The molecule has 3 N–H and O–H groups in total. The third-order valence-corrected chi connectivity index (χ3v) is 8.29. The molecule has 9 nitrogen and oxygen atoms in total. The Morgan fingerprint density at radius 2 is 1.14 bits per heavy atom. The number of ether oxygens (including phenoxy) is 1. The highest BCUT2D eigenvalue weighted by atomic mass is 31.2. The van der Waals surface area contributed by atoms with E-state index in [1.165, 1.54) is 25.7 Å². The Morgan fingerprint density at radius 1 is 0.627 bits per heavy atom. The summed E-state index contributed by atoms with van der Waals surface area (Å²) < 4.78 is 26.7. The van der Waals surface area contributed by atoms with Crippen LogP contribution in [0, 0.1) is 0 Å². The number of phosphoric acid groups is 1. The van der Waals surface area contributed by atoms with Crippen LogP contribution in [0.3, 0.4) is 0 Å². The number of hydrogen-bond acceptors (Lipinski definition) is 7. The fourth-order valence-electron chi connectivity index (χ4n) is 4.44. The number of phosphoric ester groups is 1. The highest BCUT2D eigenvalue weighted by Crippen LogP contribution is 2.42. The van der Waals surface area contributed by atoms with E-state index in [9.17, 15) is 24.2 Å². The van der Waals surface area contributed by atoms with Crippen molar-refractivity contribution in [1.82, 2.24) is 5.32 Å². The van der Waals surface area contributed by atoms with Crippen molar-refractivity contribution in [3.8, 4) is 0 Å². The molecule has 1 amide bonds. The summed E-state index contributed by atoms with van der Waals surface area (Å²) in [5, 5.41) is 12.6. The first-order valence-electron chi connectivity index (χ1n) is 19.1. The second kappa shape index (κ2) is 37.0. The van der Waals surface area contributed by atoms with Gasteiger partial charge in [-0.3, -0.25) is 18.6 Å². The van der Waals surface area contributed by atoms with E-state index in [4.69, 9.17) is 13.8 Å². The third-order valence-electron chi connectivity index (χ3n) is 7.31. The minimum Gasteiger partial charge on any atom is -0.463 e. The molecule has 0 spiro atoms. The average Bonchev–Trinajstić information content (AvgIpc) is 3.11. The molecule has 0 saturated heterocycles. The van der Waals surface area contributed by atoms with Gasteiger partial charge in [-0.15, -0.1) is 0 Å². The molecule has 0 aromatic carbocycles. The summed E-state index contributed by atoms with van der Waals surface area (Å²) in [5.74, 6) is -0.614. The molecule has 0 aliphatic carbocycles. The lowest BCUT2D eigenvalue weighted by molar-refractivity contribution is -0.147. The summed E-state index contributed by atoms with van der Waals surface area (Å²) in [5.41, 5.74) is 0. The number of aliphatic hydroxyl groups excluding tert-OH is 1. The SMILES string of the molecule is CC/C=C\C/C=C\C/C=C\CCCCCC(=O)NCCOP(=O)(O)OCC(O)COC(=O)CCC/C=C\C/C=C\C/C=C\C/C=C\CCCCC. The zero-order valence-electron chi connectivity index (χ0n) is 31.5. The fourth-order valence-corrected chi connectivity index (χ4v) is 5.20. The summed E-state index contributed by atoms with van der Waals surface area (Å²) in [6.07, 6.45) is 45.2. The summed E-state index contributed by atoms with van der Waals surface area (Å²) in [6.45, 7) is 3.27. The Balaban J connectivity index is 3.77. The van der Waals surface area contributed by atoms with Gasteiger partial charge in [-0.05, 0) is 83.5 Å². The molecule has 0 heterocycles. The zero-order chi connectivity index (χ0) is 37.5. The number of rotatable bonds is 34. The molecule has 51 heavy (non-hydrogen) atoms. The number of carbonyl (C=O) groups excluding carboxylic acids is 2. The first-order chi connectivity index (χ1) is 24.8. The molecule has 0 rings (SSSR count). The number of allylic oxidation sites excluding steroid dienone is 14. The lowest BCUT2D eigenvalue weighted by Crippen LogP contribution is -2.27. The lowest BCUT2D eigenvalue weighted by Gasteiger charge is -2.15. The number of aliphatic hydroxyl groups is 1. The van der Waals surface area contributed by atoms with Gasteiger partial charge in [-0.2, -0.15) is 0 Å². The maximum absolute atomic E-state index is 12.0. The molecule has 0 aliphatic heterocycles. The molecule has 10 heteroatoms. The lowest BCUT2D eigenvalue weighted by atomic mass is 10.1. The Hall–Kier alpha value is -2.81. The second-order valence-corrected chi connectivity index (χ2v) is 13.6. The van der Waals surface area contributed by atoms with Gasteiger partial charge in [0.1, 0.15) is 12.7 Å². The van der Waals surface area contributed by atoms with Crippen LogP contribution in [0.25, 0.3) is 0 Å². The molecule has 290 valence electrons. The van der Waals surface area contributed by atoms with Crippen LogP contribution in [0.2, 0.25) is 0 Å². The van der Waals surface area contributed by atoms with E-state index >= 15 is 0 Å². The smallest absolute Gasteiger partial charge is 0.463 e. The standard InChI is InChI=1S/C41H68NO8P/c1-3-5-7-9-11-13-15-17-18-19-20-22-24-26-28-30-32-34-41(45)48-37-39(43)38-50-51(46,47)49-36-35-42-40(44)33-31-29-27-25-23-21-16-14-12-10-8-6-4-2/h6,8,11-14,17-18,20-23,26,28,39,43H,3-5,7,9-10,15-16,19,24-25,27,29-38H2,1-2H3,(H,42,44)(H,46,47)/b8-6-,13-11-,14-12-,18-17-,22-20-,23-21-,28-26-. The Morgan fingerprint density at radius 3 is 1.69 bits per heavy atom. The van der Waals surface area contributed by atoms with Crippen LogP contribution >= 0.6 is 7.82 Å². The van der Waals surface area contributed by atoms with E-state index in [1.807, 2.05) is 6.08 Å². The predicted molar refractivity (Wildman–Crippen MR) is 210 cm³/mol. The number of carbonyl (C=O) groups is 2. The summed E-state index contributed by atoms with van der Waals surface area (Å²) in [7, 11) is -4.44. The van der Waals surface area contributed by atoms with Crippen molar-refractivity contribution >= 4 is 19.7 Å². The molecule has 0 radical (unpaired) electrons. The molecule has 2 atom stereocenters. The molecule has 0 aromatic heterocycles. The normalized spacial score (nSPS) is 14.4. The van der Waals surface area contributed by atoms with Gasteiger partial charge in [0.15, 0.2) is 0 Å². The van der Waals surface area contributed by atoms with E-state index in [2.05, 4.69) is 98.2 Å². The van der Waals surface area contributed by atoms with E-state index in [0.29, 0.717) is 12.8 Å². The molecular formula is C41H68NO8P. The number of hydrogen-bond donors (Lipinski definition) is 3. The van der Waals surface area contributed by atoms with Crippen LogP contribution in [0.1, 0.15) is 129 Å². The quantitative estimate of drug-likeness (QED) is 0.0258. The minimum atomic E-state index is -4.44. The minimum absolute atomic E-state index is 0.0540. The first kappa shape index (κ1) is 48.2. The summed E-state index contributed by atoms with van der Waals surface area (Å²) >= 11 is 0. The van der Waals surface area contributed by atoms with E-state index in [0.717, 1.165) is 70.6 Å². The number of esters is 1. The van der Waals surface area contributed by atoms with Crippen molar-refractivity contribution in [3.63, 3.8) is 0 Å². The van der Waals surface area contributed by atoms with Crippen molar-refractivity contribution < 1.29 is 37.9 Å². The van der Waals surface area contributed by atoms with Crippen molar-refractivity contribution in [2.24, 2.45) is 0 Å². The van der Waals surface area contributed by atoms with Gasteiger partial charge in [0.2, 0.25) is 5.91 Å². The van der Waals surface area contributed by atoms with Crippen LogP contribution < -0.4 is 5.32 Å². The average molecular weight is 734 g/mol. The van der Waals surface area contributed by atoms with Crippen molar-refractivity contribution in [2.75, 3.05) is 26.4 Å². The van der Waals surface area contributed by atoms with Crippen LogP contribution in [0.15, 0.2) is 85.1 Å². The van der Waals surface area contributed by atoms with Gasteiger partial charge in [0, 0.05) is 19.4 Å². The van der Waals surface area contributed by atoms with Crippen LogP contribution in [0.5, 0.6) is 0 Å². The van der Waals surface area contributed by atoms with Crippen molar-refractivity contribution in [1.29, 1.82) is 0 Å². The monoisotopic (exact) mass is 733 g/mol. The number of unbranched alkanes of at least 4 members (excludes halogenated alkanes) is 7.